The highest BCUT2D eigenvalue weighted by molar-refractivity contribution is 5.80. The van der Waals surface area contributed by atoms with Crippen LogP contribution in [0.3, 0.4) is 0 Å². The van der Waals surface area contributed by atoms with E-state index in [1.807, 2.05) is 13.8 Å². The zero-order valence-corrected chi connectivity index (χ0v) is 11.5. The molecule has 0 aliphatic rings. The van der Waals surface area contributed by atoms with E-state index in [4.69, 9.17) is 14.2 Å². The van der Waals surface area contributed by atoms with Gasteiger partial charge in [-0.25, -0.2) is 0 Å². The number of esters is 1. The van der Waals surface area contributed by atoms with Gasteiger partial charge in [0.25, 0.3) is 0 Å². The molecule has 0 rings (SSSR count). The summed E-state index contributed by atoms with van der Waals surface area (Å²) in [7, 11) is 3.38. The van der Waals surface area contributed by atoms with Crippen LogP contribution in [0.15, 0.2) is 0 Å². The predicted octanol–water partition coefficient (Wildman–Crippen LogP) is 0.969. The maximum Gasteiger partial charge on any atom is 0.326 e. The first-order valence-electron chi connectivity index (χ1n) is 5.96. The van der Waals surface area contributed by atoms with Gasteiger partial charge in [-0.2, -0.15) is 0 Å². The fraction of sp³-hybridized carbons (Fsp3) is 0.917. The maximum atomic E-state index is 11.7. The van der Waals surface area contributed by atoms with Crippen molar-refractivity contribution in [3.05, 3.63) is 0 Å². The van der Waals surface area contributed by atoms with E-state index >= 15 is 0 Å². The minimum absolute atomic E-state index is 0.0308. The molecule has 0 amide bonds. The Hall–Kier alpha value is -0.650. The average molecular weight is 247 g/mol. The molecule has 0 bridgehead atoms. The molecule has 0 aromatic carbocycles. The van der Waals surface area contributed by atoms with Crippen LogP contribution in [0.5, 0.6) is 0 Å². The highest BCUT2D eigenvalue weighted by atomic mass is 16.5. The van der Waals surface area contributed by atoms with E-state index in [1.165, 1.54) is 0 Å². The van der Waals surface area contributed by atoms with Crippen molar-refractivity contribution < 1.29 is 19.0 Å². The molecule has 2 atom stereocenters. The number of ether oxygens (including phenoxy) is 3. The molecule has 5 nitrogen and oxygen atoms in total. The molecule has 0 saturated carbocycles. The smallest absolute Gasteiger partial charge is 0.326 e. The van der Waals surface area contributed by atoms with Gasteiger partial charge in [0.2, 0.25) is 0 Å². The second-order valence-corrected chi connectivity index (χ2v) is 4.19. The lowest BCUT2D eigenvalue weighted by molar-refractivity contribution is -0.151. The third kappa shape index (κ3) is 6.00. The monoisotopic (exact) mass is 247 g/mol. The summed E-state index contributed by atoms with van der Waals surface area (Å²) in [6.45, 7) is 6.97. The Kier molecular flexibility index (Phi) is 8.12. The van der Waals surface area contributed by atoms with Gasteiger partial charge in [-0.05, 0) is 34.2 Å². The van der Waals surface area contributed by atoms with Crippen molar-refractivity contribution in [1.82, 2.24) is 5.32 Å². The highest BCUT2D eigenvalue weighted by Crippen LogP contribution is 2.12. The molecular weight excluding hydrogens is 222 g/mol. The maximum absolute atomic E-state index is 11.7. The summed E-state index contributed by atoms with van der Waals surface area (Å²) in [5.41, 5.74) is -0.692. The predicted molar refractivity (Wildman–Crippen MR) is 66.0 cm³/mol. The molecule has 5 heteroatoms. The number of carbonyl (C=O) groups is 1. The van der Waals surface area contributed by atoms with Gasteiger partial charge in [0.15, 0.2) is 0 Å². The quantitative estimate of drug-likeness (QED) is 0.615. The molecule has 102 valence electrons. The Balaban J connectivity index is 4.07. The Bertz CT molecular complexity index is 223. The first kappa shape index (κ1) is 16.4. The third-order valence-corrected chi connectivity index (χ3v) is 2.68. The molecule has 0 radical (unpaired) electrons. The van der Waals surface area contributed by atoms with Crippen molar-refractivity contribution in [3.8, 4) is 0 Å². The van der Waals surface area contributed by atoms with E-state index in [1.54, 1.807) is 21.1 Å². The number of methoxy groups -OCH3 is 1. The zero-order valence-electron chi connectivity index (χ0n) is 11.5. The number of nitrogens with one attached hydrogen (secondary N) is 1. The summed E-state index contributed by atoms with van der Waals surface area (Å²) >= 11 is 0. The zero-order chi connectivity index (χ0) is 13.3. The van der Waals surface area contributed by atoms with Crippen molar-refractivity contribution >= 4 is 5.97 Å². The van der Waals surface area contributed by atoms with Crippen LogP contribution in [0.25, 0.3) is 0 Å². The van der Waals surface area contributed by atoms with E-state index in [-0.39, 0.29) is 12.1 Å². The Labute approximate surface area is 104 Å². The molecule has 0 spiro atoms. The van der Waals surface area contributed by atoms with Crippen molar-refractivity contribution in [2.45, 2.75) is 38.8 Å². The van der Waals surface area contributed by atoms with Crippen LogP contribution >= 0.6 is 0 Å². The fourth-order valence-electron chi connectivity index (χ4n) is 1.37. The molecule has 0 saturated heterocycles. The lowest BCUT2D eigenvalue weighted by atomic mass is 9.99. The molecule has 0 heterocycles. The standard InChI is InChI=1S/C12H25NO4/c1-6-16-11(14)12(3,13-4)7-8-17-10(2)9-15-5/h10,13H,6-9H2,1-5H3. The summed E-state index contributed by atoms with van der Waals surface area (Å²) < 4.78 is 15.5. The number of hydrogen-bond acceptors (Lipinski definition) is 5. The Morgan fingerprint density at radius 1 is 1.47 bits per heavy atom. The molecule has 2 unspecified atom stereocenters. The molecule has 0 aromatic heterocycles. The van der Waals surface area contributed by atoms with Crippen LogP contribution in [0.2, 0.25) is 0 Å². The van der Waals surface area contributed by atoms with Crippen molar-refractivity contribution in [2.75, 3.05) is 34.0 Å². The van der Waals surface area contributed by atoms with E-state index in [0.717, 1.165) is 0 Å². The van der Waals surface area contributed by atoms with Crippen molar-refractivity contribution in [2.24, 2.45) is 0 Å². The number of hydrogen-bond donors (Lipinski definition) is 1. The lowest BCUT2D eigenvalue weighted by Gasteiger charge is -2.27. The summed E-state index contributed by atoms with van der Waals surface area (Å²) in [6.07, 6.45) is 0.597. The van der Waals surface area contributed by atoms with E-state index in [2.05, 4.69) is 5.32 Å². The second kappa shape index (κ2) is 8.44. The van der Waals surface area contributed by atoms with Crippen LogP contribution in [0.4, 0.5) is 0 Å². The van der Waals surface area contributed by atoms with Crippen molar-refractivity contribution in [3.63, 3.8) is 0 Å². The van der Waals surface area contributed by atoms with Crippen LogP contribution < -0.4 is 5.32 Å². The average Bonchev–Trinajstić information content (AvgIpc) is 2.29. The van der Waals surface area contributed by atoms with Gasteiger partial charge < -0.3 is 19.5 Å². The Morgan fingerprint density at radius 3 is 2.59 bits per heavy atom. The molecule has 0 aromatic rings. The van der Waals surface area contributed by atoms with Gasteiger partial charge in [-0.15, -0.1) is 0 Å². The SMILES string of the molecule is CCOC(=O)C(C)(CCOC(C)COC)NC. The second-order valence-electron chi connectivity index (χ2n) is 4.19. The number of carbonyl (C=O) groups excluding carboxylic acids is 1. The van der Waals surface area contributed by atoms with Crippen LogP contribution in [0, 0.1) is 0 Å². The molecule has 0 aliphatic carbocycles. The molecule has 1 N–H and O–H groups in total. The highest BCUT2D eigenvalue weighted by Gasteiger charge is 2.32. The van der Waals surface area contributed by atoms with Crippen molar-refractivity contribution in [1.29, 1.82) is 0 Å². The van der Waals surface area contributed by atoms with Gasteiger partial charge in [0.05, 0.1) is 19.3 Å². The number of likely N-dealkylation sites (N-methyl/N-ethyl adjacent to an activating group) is 1. The lowest BCUT2D eigenvalue weighted by Crippen LogP contribution is -2.49. The largest absolute Gasteiger partial charge is 0.465 e. The molecule has 0 fully saturated rings. The van der Waals surface area contributed by atoms with Crippen LogP contribution in [0.1, 0.15) is 27.2 Å². The normalized spacial score (nSPS) is 16.3. The topological polar surface area (TPSA) is 56.8 Å². The van der Waals surface area contributed by atoms with E-state index < -0.39 is 5.54 Å². The fourth-order valence-corrected chi connectivity index (χ4v) is 1.37. The third-order valence-electron chi connectivity index (χ3n) is 2.68. The molecule has 17 heavy (non-hydrogen) atoms. The number of rotatable bonds is 9. The Morgan fingerprint density at radius 2 is 2.12 bits per heavy atom. The first-order chi connectivity index (χ1) is 8.00. The van der Waals surface area contributed by atoms with Gasteiger partial charge in [-0.1, -0.05) is 0 Å². The van der Waals surface area contributed by atoms with Gasteiger partial charge >= 0.3 is 5.97 Å². The first-order valence-corrected chi connectivity index (χ1v) is 5.96. The molecule has 0 aliphatic heterocycles. The summed E-state index contributed by atoms with van der Waals surface area (Å²) in [6, 6.07) is 0. The van der Waals surface area contributed by atoms with E-state index in [0.29, 0.717) is 26.2 Å². The van der Waals surface area contributed by atoms with Crippen LogP contribution in [-0.4, -0.2) is 51.6 Å². The van der Waals surface area contributed by atoms with Crippen LogP contribution in [-0.2, 0) is 19.0 Å². The van der Waals surface area contributed by atoms with Gasteiger partial charge in [0, 0.05) is 13.7 Å². The van der Waals surface area contributed by atoms with Gasteiger partial charge in [0.1, 0.15) is 5.54 Å². The van der Waals surface area contributed by atoms with Gasteiger partial charge in [-0.3, -0.25) is 4.79 Å². The minimum atomic E-state index is -0.692. The molecular formula is C12H25NO4. The summed E-state index contributed by atoms with van der Waals surface area (Å²) in [5.74, 6) is -0.245. The summed E-state index contributed by atoms with van der Waals surface area (Å²) in [4.78, 5) is 11.7. The minimum Gasteiger partial charge on any atom is -0.465 e. The summed E-state index contributed by atoms with van der Waals surface area (Å²) in [5, 5.41) is 2.98. The van der Waals surface area contributed by atoms with E-state index in [9.17, 15) is 4.79 Å².